The Labute approximate surface area is 100 Å². The van der Waals surface area contributed by atoms with Crippen molar-refractivity contribution in [3.63, 3.8) is 0 Å². The highest BCUT2D eigenvalue weighted by Gasteiger charge is 2.22. The van der Waals surface area contributed by atoms with Gasteiger partial charge in [0.05, 0.1) is 13.2 Å². The number of rotatable bonds is 1. The molecule has 0 radical (unpaired) electrons. The summed E-state index contributed by atoms with van der Waals surface area (Å²) < 4.78 is 18.9. The molecule has 1 aliphatic rings. The summed E-state index contributed by atoms with van der Waals surface area (Å²) >= 11 is 2.01. The number of aliphatic hydroxyl groups excluding tert-OH is 1. The maximum atomic E-state index is 13.1. The van der Waals surface area contributed by atoms with E-state index in [1.54, 1.807) is 11.0 Å². The van der Waals surface area contributed by atoms with Crippen molar-refractivity contribution in [2.75, 3.05) is 24.7 Å². The fraction of sp³-hybridized carbons (Fsp3) is 0.444. The van der Waals surface area contributed by atoms with E-state index in [0.717, 1.165) is 3.57 Å². The Morgan fingerprint density at radius 3 is 3.07 bits per heavy atom. The van der Waals surface area contributed by atoms with Crippen molar-refractivity contribution >= 4 is 28.4 Å². The zero-order valence-electron chi connectivity index (χ0n) is 7.86. The number of morpholine rings is 1. The van der Waals surface area contributed by atoms with Crippen LogP contribution in [0.15, 0.2) is 12.1 Å². The molecule has 1 N–H and O–H groups in total. The second kappa shape index (κ2) is 4.58. The SMILES string of the molecule is OC1COCCN1c1cc(I)cc(F)n1. The van der Waals surface area contributed by atoms with E-state index in [0.29, 0.717) is 19.0 Å². The molecule has 1 saturated heterocycles. The molecule has 0 bridgehead atoms. The topological polar surface area (TPSA) is 45.6 Å². The van der Waals surface area contributed by atoms with Crippen LogP contribution >= 0.6 is 22.6 Å². The number of aromatic nitrogens is 1. The smallest absolute Gasteiger partial charge is 0.215 e. The van der Waals surface area contributed by atoms with Crippen LogP contribution in [0.4, 0.5) is 10.2 Å². The van der Waals surface area contributed by atoms with E-state index in [-0.39, 0.29) is 6.61 Å². The first-order valence-corrected chi connectivity index (χ1v) is 5.60. The number of anilines is 1. The van der Waals surface area contributed by atoms with Crippen molar-refractivity contribution in [1.82, 2.24) is 4.98 Å². The lowest BCUT2D eigenvalue weighted by Gasteiger charge is -2.32. The quantitative estimate of drug-likeness (QED) is 0.618. The van der Waals surface area contributed by atoms with Crippen LogP contribution in [0.2, 0.25) is 0 Å². The second-order valence-corrected chi connectivity index (χ2v) is 4.46. The minimum Gasteiger partial charge on any atom is -0.375 e. The van der Waals surface area contributed by atoms with Gasteiger partial charge in [0.15, 0.2) is 6.23 Å². The molecule has 6 heteroatoms. The lowest BCUT2D eigenvalue weighted by molar-refractivity contribution is 0.00576. The zero-order chi connectivity index (χ0) is 10.8. The summed E-state index contributed by atoms with van der Waals surface area (Å²) in [5.74, 6) is -0.0780. The molecule has 4 nitrogen and oxygen atoms in total. The molecule has 0 aromatic carbocycles. The third-order valence-corrected chi connectivity index (χ3v) is 2.77. The lowest BCUT2D eigenvalue weighted by atomic mass is 10.3. The average Bonchev–Trinajstić information content (AvgIpc) is 2.16. The summed E-state index contributed by atoms with van der Waals surface area (Å²) in [6.07, 6.45) is -0.746. The van der Waals surface area contributed by atoms with Crippen LogP contribution < -0.4 is 4.90 Å². The molecule has 1 aromatic rings. The number of hydrogen-bond donors (Lipinski definition) is 1. The Balaban J connectivity index is 2.27. The monoisotopic (exact) mass is 324 g/mol. The van der Waals surface area contributed by atoms with Gasteiger partial charge < -0.3 is 14.7 Å². The fourth-order valence-corrected chi connectivity index (χ4v) is 1.99. The van der Waals surface area contributed by atoms with Gasteiger partial charge in [-0.3, -0.25) is 0 Å². The molecule has 0 amide bonds. The fourth-order valence-electron chi connectivity index (χ4n) is 1.46. The van der Waals surface area contributed by atoms with Crippen LogP contribution in [0, 0.1) is 9.52 Å². The summed E-state index contributed by atoms with van der Waals surface area (Å²) in [6.45, 7) is 1.27. The van der Waals surface area contributed by atoms with Gasteiger partial charge in [-0.25, -0.2) is 4.98 Å². The molecular formula is C9H10FIN2O2. The van der Waals surface area contributed by atoms with Gasteiger partial charge in [-0.05, 0) is 28.7 Å². The summed E-state index contributed by atoms with van der Waals surface area (Å²) in [6, 6.07) is 3.08. The van der Waals surface area contributed by atoms with E-state index in [9.17, 15) is 9.50 Å². The van der Waals surface area contributed by atoms with Crippen molar-refractivity contribution in [2.24, 2.45) is 0 Å². The minimum absolute atomic E-state index is 0.231. The Morgan fingerprint density at radius 2 is 2.40 bits per heavy atom. The number of halogens is 2. The molecule has 1 atom stereocenters. The number of aliphatic hydroxyl groups is 1. The van der Waals surface area contributed by atoms with Crippen molar-refractivity contribution in [2.45, 2.75) is 6.23 Å². The Morgan fingerprint density at radius 1 is 1.60 bits per heavy atom. The van der Waals surface area contributed by atoms with E-state index in [1.165, 1.54) is 6.07 Å². The first kappa shape index (κ1) is 11.0. The number of hydrogen-bond acceptors (Lipinski definition) is 4. The summed E-state index contributed by atoms with van der Waals surface area (Å²) in [4.78, 5) is 5.38. The molecule has 1 aromatic heterocycles. The van der Waals surface area contributed by atoms with Gasteiger partial charge >= 0.3 is 0 Å². The van der Waals surface area contributed by atoms with Gasteiger partial charge in [-0.1, -0.05) is 0 Å². The van der Waals surface area contributed by atoms with Crippen molar-refractivity contribution in [1.29, 1.82) is 0 Å². The standard InChI is InChI=1S/C9H10FIN2O2/c10-7-3-6(11)4-8(12-7)13-1-2-15-5-9(13)14/h3-4,9,14H,1-2,5H2. The van der Waals surface area contributed by atoms with Gasteiger partial charge in [0.25, 0.3) is 0 Å². The summed E-state index contributed by atoms with van der Waals surface area (Å²) in [7, 11) is 0. The molecule has 15 heavy (non-hydrogen) atoms. The van der Waals surface area contributed by atoms with Crippen LogP contribution in [0.1, 0.15) is 0 Å². The molecule has 1 fully saturated rings. The Bertz CT molecular complexity index is 344. The number of nitrogens with zero attached hydrogens (tertiary/aromatic N) is 2. The number of pyridine rings is 1. The van der Waals surface area contributed by atoms with Crippen LogP contribution in [-0.2, 0) is 4.74 Å². The van der Waals surface area contributed by atoms with Gasteiger partial charge in [0.2, 0.25) is 5.95 Å². The summed E-state index contributed by atoms with van der Waals surface area (Å²) in [5, 5.41) is 9.64. The molecule has 1 aliphatic heterocycles. The average molecular weight is 324 g/mol. The van der Waals surface area contributed by atoms with Crippen LogP contribution in [0.3, 0.4) is 0 Å². The van der Waals surface area contributed by atoms with E-state index < -0.39 is 12.2 Å². The highest BCUT2D eigenvalue weighted by atomic mass is 127. The maximum Gasteiger partial charge on any atom is 0.215 e. The highest BCUT2D eigenvalue weighted by Crippen LogP contribution is 2.19. The van der Waals surface area contributed by atoms with Gasteiger partial charge in [-0.15, -0.1) is 0 Å². The molecule has 0 aliphatic carbocycles. The molecule has 82 valence electrons. The first-order chi connectivity index (χ1) is 7.16. The lowest BCUT2D eigenvalue weighted by Crippen LogP contribution is -2.45. The Kier molecular flexibility index (Phi) is 3.37. The minimum atomic E-state index is -0.746. The zero-order valence-corrected chi connectivity index (χ0v) is 10.0. The van der Waals surface area contributed by atoms with Gasteiger partial charge in [-0.2, -0.15) is 4.39 Å². The molecule has 0 saturated carbocycles. The van der Waals surface area contributed by atoms with Crippen LogP contribution in [0.5, 0.6) is 0 Å². The molecule has 1 unspecified atom stereocenters. The van der Waals surface area contributed by atoms with E-state index in [2.05, 4.69) is 4.98 Å². The van der Waals surface area contributed by atoms with E-state index >= 15 is 0 Å². The Hall–Kier alpha value is -0.470. The predicted octanol–water partition coefficient (Wildman–Crippen LogP) is 0.980. The van der Waals surface area contributed by atoms with Crippen LogP contribution in [-0.4, -0.2) is 36.1 Å². The van der Waals surface area contributed by atoms with Crippen molar-refractivity contribution in [3.05, 3.63) is 21.7 Å². The maximum absolute atomic E-state index is 13.1. The predicted molar refractivity (Wildman–Crippen MR) is 61.1 cm³/mol. The van der Waals surface area contributed by atoms with Crippen molar-refractivity contribution < 1.29 is 14.2 Å². The van der Waals surface area contributed by atoms with Crippen LogP contribution in [0.25, 0.3) is 0 Å². The normalized spacial score (nSPS) is 21.8. The van der Waals surface area contributed by atoms with Crippen molar-refractivity contribution in [3.8, 4) is 0 Å². The van der Waals surface area contributed by atoms with E-state index in [4.69, 9.17) is 4.74 Å². The highest BCUT2D eigenvalue weighted by molar-refractivity contribution is 14.1. The third-order valence-electron chi connectivity index (χ3n) is 2.14. The number of ether oxygens (including phenoxy) is 1. The third kappa shape index (κ3) is 2.56. The summed E-state index contributed by atoms with van der Waals surface area (Å²) in [5.41, 5.74) is 0. The van der Waals surface area contributed by atoms with Gasteiger partial charge in [0.1, 0.15) is 5.82 Å². The molecule has 0 spiro atoms. The van der Waals surface area contributed by atoms with E-state index in [1.807, 2.05) is 22.6 Å². The molecule has 2 rings (SSSR count). The molecular weight excluding hydrogens is 314 g/mol. The first-order valence-electron chi connectivity index (χ1n) is 4.52. The molecule has 2 heterocycles. The van der Waals surface area contributed by atoms with Gasteiger partial charge in [0, 0.05) is 16.2 Å². The largest absolute Gasteiger partial charge is 0.375 e. The second-order valence-electron chi connectivity index (χ2n) is 3.22.